The molecule has 2 heterocycles. The molecule has 0 aromatic carbocycles. The van der Waals surface area contributed by atoms with Crippen LogP contribution in [0.4, 0.5) is 0 Å². The molecule has 132 valence electrons. The number of hydrogen-bond donors (Lipinski definition) is 0. The molecule has 0 amide bonds. The van der Waals surface area contributed by atoms with Crippen LogP contribution in [0.1, 0.15) is 68.7 Å². The van der Waals surface area contributed by atoms with Gasteiger partial charge in [-0.05, 0) is 66.4 Å². The Hall–Kier alpha value is -0.960. The van der Waals surface area contributed by atoms with Crippen LogP contribution in [0, 0.1) is 5.41 Å². The Morgan fingerprint density at radius 3 is 1.78 bits per heavy atom. The van der Waals surface area contributed by atoms with E-state index in [9.17, 15) is 0 Å². The van der Waals surface area contributed by atoms with Gasteiger partial charge in [0.2, 0.25) is 0 Å². The maximum absolute atomic E-state index is 2.72. The van der Waals surface area contributed by atoms with Crippen molar-refractivity contribution in [1.82, 2.24) is 14.7 Å². The first-order valence-corrected chi connectivity index (χ1v) is 8.86. The third kappa shape index (κ3) is 2.93. The number of allylic oxidation sites excluding steroid dienone is 2. The smallest absolute Gasteiger partial charge is 0.109 e. The van der Waals surface area contributed by atoms with E-state index in [0.29, 0.717) is 6.04 Å². The van der Waals surface area contributed by atoms with E-state index in [0.717, 1.165) is 0 Å². The summed E-state index contributed by atoms with van der Waals surface area (Å²) in [6.45, 7) is 21.1. The lowest BCUT2D eigenvalue weighted by molar-refractivity contribution is 0.0369. The standard InChI is InChI=1S/C20H37N3/c1-14-15(2)22(11)17(21(14)10)12-16-19(6,7)13-20(8,9)23(16)18(3,4)5/h12,16H,13H2,1-11H3/t16-/m0/s1. The van der Waals surface area contributed by atoms with Crippen LogP contribution in [-0.4, -0.2) is 45.9 Å². The topological polar surface area (TPSA) is 9.72 Å². The minimum absolute atomic E-state index is 0.145. The minimum Gasteiger partial charge on any atom is -0.333 e. The van der Waals surface area contributed by atoms with Crippen molar-refractivity contribution in [2.75, 3.05) is 14.1 Å². The van der Waals surface area contributed by atoms with Crippen molar-refractivity contribution in [3.8, 4) is 0 Å². The molecule has 0 aromatic rings. The maximum atomic E-state index is 2.72. The highest BCUT2D eigenvalue weighted by molar-refractivity contribution is 5.29. The number of likely N-dealkylation sites (tertiary alicyclic amines) is 1. The molecule has 0 saturated carbocycles. The molecule has 1 saturated heterocycles. The fraction of sp³-hybridized carbons (Fsp3) is 0.800. The summed E-state index contributed by atoms with van der Waals surface area (Å²) in [6, 6.07) is 0.427. The number of nitrogens with zero attached hydrogens (tertiary/aromatic N) is 3. The molecule has 3 heteroatoms. The fourth-order valence-corrected chi connectivity index (χ4v) is 5.07. The summed E-state index contributed by atoms with van der Waals surface area (Å²) in [5.41, 5.74) is 3.30. The lowest BCUT2D eigenvalue weighted by Gasteiger charge is -2.46. The van der Waals surface area contributed by atoms with E-state index < -0.39 is 0 Å². The highest BCUT2D eigenvalue weighted by Crippen LogP contribution is 2.50. The van der Waals surface area contributed by atoms with Gasteiger partial charge in [0, 0.05) is 42.6 Å². The van der Waals surface area contributed by atoms with Gasteiger partial charge < -0.3 is 9.80 Å². The van der Waals surface area contributed by atoms with Crippen molar-refractivity contribution >= 4 is 0 Å². The second kappa shape index (κ2) is 5.27. The predicted molar refractivity (Wildman–Crippen MR) is 99.8 cm³/mol. The monoisotopic (exact) mass is 319 g/mol. The van der Waals surface area contributed by atoms with E-state index >= 15 is 0 Å². The molecule has 3 nitrogen and oxygen atoms in total. The van der Waals surface area contributed by atoms with Gasteiger partial charge in [0.05, 0.1) is 0 Å². The van der Waals surface area contributed by atoms with Crippen LogP contribution in [0.2, 0.25) is 0 Å². The van der Waals surface area contributed by atoms with Gasteiger partial charge in [0.25, 0.3) is 0 Å². The summed E-state index contributed by atoms with van der Waals surface area (Å²) in [7, 11) is 4.37. The van der Waals surface area contributed by atoms with Crippen molar-refractivity contribution in [2.45, 2.75) is 85.9 Å². The second-order valence-corrected chi connectivity index (χ2v) is 9.78. The number of hydrogen-bond acceptors (Lipinski definition) is 3. The van der Waals surface area contributed by atoms with Crippen molar-refractivity contribution in [1.29, 1.82) is 0 Å². The van der Waals surface area contributed by atoms with E-state index in [1.807, 2.05) is 0 Å². The van der Waals surface area contributed by atoms with Crippen LogP contribution in [-0.2, 0) is 0 Å². The minimum atomic E-state index is 0.145. The summed E-state index contributed by atoms with van der Waals surface area (Å²) < 4.78 is 0. The van der Waals surface area contributed by atoms with E-state index in [2.05, 4.69) is 97.2 Å². The molecule has 0 bridgehead atoms. The Balaban J connectivity index is 2.50. The summed E-state index contributed by atoms with van der Waals surface area (Å²) in [5.74, 6) is 1.31. The van der Waals surface area contributed by atoms with Crippen molar-refractivity contribution in [3.05, 3.63) is 23.3 Å². The zero-order valence-corrected chi connectivity index (χ0v) is 17.2. The second-order valence-electron chi connectivity index (χ2n) is 9.78. The van der Waals surface area contributed by atoms with Crippen LogP contribution < -0.4 is 0 Å². The summed E-state index contributed by atoms with van der Waals surface area (Å²) >= 11 is 0. The molecular weight excluding hydrogens is 282 g/mol. The maximum Gasteiger partial charge on any atom is 0.109 e. The van der Waals surface area contributed by atoms with E-state index in [-0.39, 0.29) is 16.5 Å². The average Bonchev–Trinajstić information content (AvgIpc) is 2.65. The Kier molecular flexibility index (Phi) is 4.21. The van der Waals surface area contributed by atoms with E-state index in [1.165, 1.54) is 23.6 Å². The molecule has 23 heavy (non-hydrogen) atoms. The third-order valence-electron chi connectivity index (χ3n) is 5.87. The molecule has 0 spiro atoms. The van der Waals surface area contributed by atoms with Crippen LogP contribution in [0.25, 0.3) is 0 Å². The number of rotatable bonds is 1. The van der Waals surface area contributed by atoms with Gasteiger partial charge in [-0.3, -0.25) is 4.90 Å². The molecule has 1 atom stereocenters. The molecule has 0 N–H and O–H groups in total. The first kappa shape index (κ1) is 18.4. The largest absolute Gasteiger partial charge is 0.333 e. The molecule has 0 aromatic heterocycles. The van der Waals surface area contributed by atoms with Crippen LogP contribution in [0.5, 0.6) is 0 Å². The first-order chi connectivity index (χ1) is 10.2. The highest BCUT2D eigenvalue weighted by Gasteiger charge is 2.53. The Morgan fingerprint density at radius 1 is 0.957 bits per heavy atom. The van der Waals surface area contributed by atoms with Crippen LogP contribution in [0.15, 0.2) is 23.3 Å². The molecule has 0 aliphatic carbocycles. The van der Waals surface area contributed by atoms with Gasteiger partial charge in [-0.2, -0.15) is 0 Å². The van der Waals surface area contributed by atoms with Crippen molar-refractivity contribution in [3.63, 3.8) is 0 Å². The molecule has 2 rings (SSSR count). The molecule has 0 radical (unpaired) electrons. The molecule has 2 aliphatic rings. The normalized spacial score (nSPS) is 28.1. The van der Waals surface area contributed by atoms with Crippen LogP contribution in [0.3, 0.4) is 0 Å². The lowest BCUT2D eigenvalue weighted by Crippen LogP contribution is -2.54. The summed E-state index contributed by atoms with van der Waals surface area (Å²) in [6.07, 6.45) is 3.71. The van der Waals surface area contributed by atoms with Gasteiger partial charge >= 0.3 is 0 Å². The van der Waals surface area contributed by atoms with Gasteiger partial charge in [-0.25, -0.2) is 0 Å². The van der Waals surface area contributed by atoms with E-state index in [4.69, 9.17) is 0 Å². The first-order valence-electron chi connectivity index (χ1n) is 8.86. The highest BCUT2D eigenvalue weighted by atomic mass is 15.4. The molecule has 0 unspecified atom stereocenters. The fourth-order valence-electron chi connectivity index (χ4n) is 5.07. The third-order valence-corrected chi connectivity index (χ3v) is 5.87. The summed E-state index contributed by atoms with van der Waals surface area (Å²) in [4.78, 5) is 7.38. The van der Waals surface area contributed by atoms with E-state index in [1.54, 1.807) is 0 Å². The van der Waals surface area contributed by atoms with Gasteiger partial charge in [0.15, 0.2) is 0 Å². The average molecular weight is 320 g/mol. The lowest BCUT2D eigenvalue weighted by atomic mass is 9.81. The van der Waals surface area contributed by atoms with Crippen LogP contribution >= 0.6 is 0 Å². The zero-order valence-electron chi connectivity index (χ0n) is 17.2. The molecular formula is C20H37N3. The van der Waals surface area contributed by atoms with Gasteiger partial charge in [-0.1, -0.05) is 13.8 Å². The van der Waals surface area contributed by atoms with Gasteiger partial charge in [-0.15, -0.1) is 0 Å². The Labute approximate surface area is 144 Å². The zero-order chi connectivity index (χ0) is 18.0. The predicted octanol–water partition coefficient (Wildman–Crippen LogP) is 4.63. The Morgan fingerprint density at radius 2 is 1.39 bits per heavy atom. The molecule has 1 fully saturated rings. The van der Waals surface area contributed by atoms with Crippen molar-refractivity contribution < 1.29 is 0 Å². The summed E-state index contributed by atoms with van der Waals surface area (Å²) in [5, 5.41) is 0. The van der Waals surface area contributed by atoms with Crippen molar-refractivity contribution in [2.24, 2.45) is 5.41 Å². The van der Waals surface area contributed by atoms with Gasteiger partial charge in [0.1, 0.15) is 5.82 Å². The quantitative estimate of drug-likeness (QED) is 0.697. The SMILES string of the molecule is CC1=C(C)N(C)C(=C[C@@H]2N(C(C)(C)C)C(C)(C)CC2(C)C)N1C. The Bertz CT molecular complexity index is 526. The molecule has 2 aliphatic heterocycles.